The second-order valence-electron chi connectivity index (χ2n) is 7.24. The molecule has 2 aromatic carbocycles. The van der Waals surface area contributed by atoms with Gasteiger partial charge < -0.3 is 14.5 Å². The summed E-state index contributed by atoms with van der Waals surface area (Å²) in [6, 6.07) is 10.4. The van der Waals surface area contributed by atoms with Crippen LogP contribution in [0.2, 0.25) is 0 Å². The van der Waals surface area contributed by atoms with E-state index < -0.39 is 10.0 Å². The molecule has 0 atom stereocenters. The molecule has 1 N–H and O–H groups in total. The Labute approximate surface area is 191 Å². The number of rotatable bonds is 8. The standard InChI is InChI=1S/C21H24N4O5S2/c1-13-8-14(2)10-15(9-13)20-23-24-21(30-20)31-12-19(26)22-16-6-7-17(29-5)18(11-16)32(27,28)25(3)4/h6-11H,12H2,1-5H3,(H,22,26). The van der Waals surface area contributed by atoms with Crippen LogP contribution in [0, 0.1) is 13.8 Å². The number of sulfonamides is 1. The fourth-order valence-electron chi connectivity index (χ4n) is 2.96. The number of aromatic nitrogens is 2. The topological polar surface area (TPSA) is 115 Å². The van der Waals surface area contributed by atoms with E-state index in [-0.39, 0.29) is 27.5 Å². The van der Waals surface area contributed by atoms with E-state index in [1.807, 2.05) is 32.0 Å². The first-order chi connectivity index (χ1) is 15.1. The lowest BCUT2D eigenvalue weighted by molar-refractivity contribution is -0.113. The lowest BCUT2D eigenvalue weighted by atomic mass is 10.1. The molecule has 0 fully saturated rings. The molecule has 0 spiro atoms. The van der Waals surface area contributed by atoms with Crippen LogP contribution in [0.25, 0.3) is 11.5 Å². The molecule has 3 aromatic rings. The van der Waals surface area contributed by atoms with Gasteiger partial charge in [0, 0.05) is 25.3 Å². The van der Waals surface area contributed by atoms with Gasteiger partial charge in [0.05, 0.1) is 12.9 Å². The molecule has 1 aromatic heterocycles. The number of ether oxygens (including phenoxy) is 1. The van der Waals surface area contributed by atoms with Crippen LogP contribution in [0.1, 0.15) is 11.1 Å². The van der Waals surface area contributed by atoms with E-state index in [2.05, 4.69) is 15.5 Å². The third kappa shape index (κ3) is 5.47. The van der Waals surface area contributed by atoms with Gasteiger partial charge in [0.25, 0.3) is 5.22 Å². The average Bonchev–Trinajstić information content (AvgIpc) is 3.20. The zero-order valence-electron chi connectivity index (χ0n) is 18.4. The molecular weight excluding hydrogens is 452 g/mol. The summed E-state index contributed by atoms with van der Waals surface area (Å²) in [5.74, 6) is 0.236. The molecule has 1 amide bonds. The molecule has 0 aliphatic rings. The average molecular weight is 477 g/mol. The van der Waals surface area contributed by atoms with Crippen LogP contribution in [0.5, 0.6) is 5.75 Å². The SMILES string of the molecule is COc1ccc(NC(=O)CSc2nnc(-c3cc(C)cc(C)c3)o2)cc1S(=O)(=O)N(C)C. The minimum atomic E-state index is -3.74. The predicted molar refractivity (Wildman–Crippen MR) is 122 cm³/mol. The smallest absolute Gasteiger partial charge is 0.277 e. The summed E-state index contributed by atoms with van der Waals surface area (Å²) in [6.07, 6.45) is 0. The molecule has 0 aliphatic heterocycles. The van der Waals surface area contributed by atoms with Crippen molar-refractivity contribution in [1.82, 2.24) is 14.5 Å². The summed E-state index contributed by atoms with van der Waals surface area (Å²) in [4.78, 5) is 12.4. The molecule has 0 aliphatic carbocycles. The fourth-order valence-corrected chi connectivity index (χ4v) is 4.60. The molecule has 170 valence electrons. The van der Waals surface area contributed by atoms with Crippen LogP contribution < -0.4 is 10.1 Å². The van der Waals surface area contributed by atoms with Crippen LogP contribution >= 0.6 is 11.8 Å². The number of anilines is 1. The number of aryl methyl sites for hydroxylation is 2. The van der Waals surface area contributed by atoms with Crippen molar-refractivity contribution >= 4 is 33.4 Å². The van der Waals surface area contributed by atoms with Gasteiger partial charge in [-0.2, -0.15) is 0 Å². The van der Waals surface area contributed by atoms with Gasteiger partial charge in [-0.25, -0.2) is 12.7 Å². The fraction of sp³-hybridized carbons (Fsp3) is 0.286. The number of methoxy groups -OCH3 is 1. The second-order valence-corrected chi connectivity index (χ2v) is 10.3. The van der Waals surface area contributed by atoms with Gasteiger partial charge in [-0.1, -0.05) is 29.0 Å². The van der Waals surface area contributed by atoms with Crippen molar-refractivity contribution in [1.29, 1.82) is 0 Å². The molecular formula is C21H24N4O5S2. The predicted octanol–water partition coefficient (Wildman–Crippen LogP) is 3.34. The van der Waals surface area contributed by atoms with E-state index in [0.29, 0.717) is 11.6 Å². The number of nitrogens with one attached hydrogen (secondary N) is 1. The van der Waals surface area contributed by atoms with Crippen molar-refractivity contribution in [2.75, 3.05) is 32.3 Å². The number of hydrogen-bond donors (Lipinski definition) is 1. The quantitative estimate of drug-likeness (QED) is 0.492. The summed E-state index contributed by atoms with van der Waals surface area (Å²) in [5.41, 5.74) is 3.32. The first kappa shape index (κ1) is 23.8. The highest BCUT2D eigenvalue weighted by atomic mass is 32.2. The Kier molecular flexibility index (Phi) is 7.22. The van der Waals surface area contributed by atoms with Crippen molar-refractivity contribution in [3.8, 4) is 17.2 Å². The van der Waals surface area contributed by atoms with Crippen LogP contribution in [-0.2, 0) is 14.8 Å². The molecule has 0 saturated carbocycles. The van der Waals surface area contributed by atoms with Crippen LogP contribution in [-0.4, -0.2) is 55.8 Å². The maximum absolute atomic E-state index is 12.5. The molecule has 9 nitrogen and oxygen atoms in total. The highest BCUT2D eigenvalue weighted by Crippen LogP contribution is 2.29. The Balaban J connectivity index is 1.68. The largest absolute Gasteiger partial charge is 0.495 e. The van der Waals surface area contributed by atoms with Gasteiger partial charge in [-0.3, -0.25) is 4.79 Å². The molecule has 0 unspecified atom stereocenters. The zero-order valence-corrected chi connectivity index (χ0v) is 20.0. The lowest BCUT2D eigenvalue weighted by Gasteiger charge is -2.15. The maximum Gasteiger partial charge on any atom is 0.277 e. The summed E-state index contributed by atoms with van der Waals surface area (Å²) in [7, 11) is 0.488. The van der Waals surface area contributed by atoms with Gasteiger partial charge in [-0.15, -0.1) is 10.2 Å². The number of nitrogens with zero attached hydrogens (tertiary/aromatic N) is 3. The number of carbonyl (C=O) groups excluding carboxylic acids is 1. The molecule has 32 heavy (non-hydrogen) atoms. The Morgan fingerprint density at radius 1 is 1.12 bits per heavy atom. The van der Waals surface area contributed by atoms with E-state index in [9.17, 15) is 13.2 Å². The van der Waals surface area contributed by atoms with Gasteiger partial charge in [-0.05, 0) is 44.2 Å². The lowest BCUT2D eigenvalue weighted by Crippen LogP contribution is -2.23. The monoisotopic (exact) mass is 476 g/mol. The number of benzene rings is 2. The zero-order chi connectivity index (χ0) is 23.5. The van der Waals surface area contributed by atoms with E-state index in [1.165, 1.54) is 33.3 Å². The first-order valence-corrected chi connectivity index (χ1v) is 12.0. The molecule has 3 rings (SSSR count). The summed E-state index contributed by atoms with van der Waals surface area (Å²) in [5, 5.41) is 11.0. The number of carbonyl (C=O) groups is 1. The Hall–Kier alpha value is -2.89. The van der Waals surface area contributed by atoms with Gasteiger partial charge in [0.1, 0.15) is 10.6 Å². The number of thioether (sulfide) groups is 1. The number of amides is 1. The molecule has 11 heteroatoms. The highest BCUT2D eigenvalue weighted by Gasteiger charge is 2.23. The number of hydrogen-bond acceptors (Lipinski definition) is 8. The van der Waals surface area contributed by atoms with Crippen molar-refractivity contribution in [2.45, 2.75) is 24.0 Å². The second kappa shape index (κ2) is 9.72. The van der Waals surface area contributed by atoms with Gasteiger partial charge >= 0.3 is 0 Å². The maximum atomic E-state index is 12.5. The molecule has 0 bridgehead atoms. The van der Waals surface area contributed by atoms with Crippen LogP contribution in [0.15, 0.2) is 50.9 Å². The normalized spacial score (nSPS) is 11.6. The van der Waals surface area contributed by atoms with E-state index in [1.54, 1.807) is 6.07 Å². The summed E-state index contributed by atoms with van der Waals surface area (Å²) < 4.78 is 36.9. The summed E-state index contributed by atoms with van der Waals surface area (Å²) >= 11 is 1.09. The third-order valence-corrected chi connectivity index (χ3v) is 7.06. The van der Waals surface area contributed by atoms with Crippen molar-refractivity contribution < 1.29 is 22.4 Å². The van der Waals surface area contributed by atoms with E-state index >= 15 is 0 Å². The van der Waals surface area contributed by atoms with Crippen molar-refractivity contribution in [3.05, 3.63) is 47.5 Å². The highest BCUT2D eigenvalue weighted by molar-refractivity contribution is 7.99. The van der Waals surface area contributed by atoms with E-state index in [4.69, 9.17) is 9.15 Å². The minimum Gasteiger partial charge on any atom is -0.495 e. The van der Waals surface area contributed by atoms with Gasteiger partial charge in [0.2, 0.25) is 21.8 Å². The minimum absolute atomic E-state index is 0.0102. The van der Waals surface area contributed by atoms with Crippen molar-refractivity contribution in [3.63, 3.8) is 0 Å². The van der Waals surface area contributed by atoms with Crippen molar-refractivity contribution in [2.24, 2.45) is 0 Å². The molecule has 1 heterocycles. The Bertz CT molecular complexity index is 1220. The summed E-state index contributed by atoms with van der Waals surface area (Å²) in [6.45, 7) is 3.97. The van der Waals surface area contributed by atoms with E-state index in [0.717, 1.165) is 32.8 Å². The Morgan fingerprint density at radius 3 is 2.44 bits per heavy atom. The van der Waals surface area contributed by atoms with Crippen LogP contribution in [0.3, 0.4) is 0 Å². The Morgan fingerprint density at radius 2 is 1.81 bits per heavy atom. The third-order valence-electron chi connectivity index (χ3n) is 4.41. The van der Waals surface area contributed by atoms with Gasteiger partial charge in [0.15, 0.2) is 0 Å². The molecule has 0 saturated heterocycles. The first-order valence-electron chi connectivity index (χ1n) is 9.55. The van der Waals surface area contributed by atoms with Crippen LogP contribution in [0.4, 0.5) is 5.69 Å². The molecule has 0 radical (unpaired) electrons.